The average Bonchev–Trinajstić information content (AvgIpc) is 3.95. The predicted molar refractivity (Wildman–Crippen MR) is 234 cm³/mol. The molecule has 63 heavy (non-hydrogen) atoms. The Labute approximate surface area is 366 Å². The van der Waals surface area contributed by atoms with Gasteiger partial charge in [0.2, 0.25) is 17.8 Å². The number of ether oxygens (including phenoxy) is 1. The van der Waals surface area contributed by atoms with E-state index in [1.807, 2.05) is 24.9 Å². The van der Waals surface area contributed by atoms with Gasteiger partial charge in [-0.1, -0.05) is 32.0 Å². The Balaban J connectivity index is 0.730. The van der Waals surface area contributed by atoms with Crippen LogP contribution in [0.3, 0.4) is 0 Å². The number of rotatable bonds is 11. The number of nitrogens with zero attached hydrogens (tertiary/aromatic N) is 12. The van der Waals surface area contributed by atoms with Crippen molar-refractivity contribution >= 4 is 23.7 Å². The van der Waals surface area contributed by atoms with E-state index in [4.69, 9.17) is 25.4 Å². The zero-order valence-electron chi connectivity index (χ0n) is 35.9. The third kappa shape index (κ3) is 9.57. The van der Waals surface area contributed by atoms with Gasteiger partial charge in [-0.15, -0.1) is 0 Å². The van der Waals surface area contributed by atoms with E-state index in [0.29, 0.717) is 79.6 Å². The lowest BCUT2D eigenvalue weighted by Gasteiger charge is -2.39. The number of morpholine rings is 1. The summed E-state index contributed by atoms with van der Waals surface area (Å²) in [4.78, 5) is 60.2. The predicted octanol–water partition coefficient (Wildman–Crippen LogP) is 3.36. The Kier molecular flexibility index (Phi) is 12.2. The minimum atomic E-state index is -0.234. The highest BCUT2D eigenvalue weighted by atomic mass is 16.5. The third-order valence-corrected chi connectivity index (χ3v) is 12.7. The van der Waals surface area contributed by atoms with Gasteiger partial charge >= 0.3 is 0 Å². The van der Waals surface area contributed by atoms with Crippen molar-refractivity contribution in [2.75, 3.05) is 82.8 Å². The Bertz CT molecular complexity index is 2440. The molecule has 5 aromatic rings. The number of anilines is 2. The summed E-state index contributed by atoms with van der Waals surface area (Å²) in [7, 11) is 0. The SMILES string of the molecule is CC(C)c1cc(C(=O)N2Cc3ccc(CN4CCN(CC5CCN(C(=O)Cn6cc(-c7nc(-c8cnc(N)nc8)nc(N8CCOCC8)n7)cn6)CC5)CC4)cc3C2)c(O)cc1O. The first-order valence-corrected chi connectivity index (χ1v) is 21.9. The maximum absolute atomic E-state index is 13.5. The Morgan fingerprint density at radius 3 is 2.22 bits per heavy atom. The maximum Gasteiger partial charge on any atom is 0.258 e. The average molecular weight is 858 g/mol. The molecule has 0 aliphatic carbocycles. The highest BCUT2D eigenvalue weighted by Crippen LogP contribution is 2.35. The fourth-order valence-corrected chi connectivity index (χ4v) is 8.99. The van der Waals surface area contributed by atoms with Gasteiger partial charge in [-0.2, -0.15) is 15.1 Å². The molecule has 2 amide bonds. The number of likely N-dealkylation sites (tertiary alicyclic amines) is 1. The molecule has 9 rings (SSSR count). The summed E-state index contributed by atoms with van der Waals surface area (Å²) in [6.07, 6.45) is 8.62. The smallest absolute Gasteiger partial charge is 0.258 e. The van der Waals surface area contributed by atoms with Crippen LogP contribution in [0.25, 0.3) is 22.8 Å². The molecule has 2 aromatic carbocycles. The van der Waals surface area contributed by atoms with Crippen molar-refractivity contribution in [2.24, 2.45) is 5.92 Å². The van der Waals surface area contributed by atoms with Crippen molar-refractivity contribution in [3.63, 3.8) is 0 Å². The second-order valence-corrected chi connectivity index (χ2v) is 17.4. The molecule has 0 bridgehead atoms. The van der Waals surface area contributed by atoms with Crippen LogP contribution >= 0.6 is 0 Å². The van der Waals surface area contributed by atoms with Crippen molar-refractivity contribution in [1.29, 1.82) is 0 Å². The molecular formula is C45H55N13O5. The molecule has 0 spiro atoms. The molecule has 4 N–H and O–H groups in total. The van der Waals surface area contributed by atoms with E-state index in [0.717, 1.165) is 76.3 Å². The van der Waals surface area contributed by atoms with E-state index in [1.165, 1.54) is 11.6 Å². The number of piperazine rings is 1. The van der Waals surface area contributed by atoms with Gasteiger partial charge in [-0.25, -0.2) is 15.0 Å². The monoisotopic (exact) mass is 857 g/mol. The van der Waals surface area contributed by atoms with Gasteiger partial charge in [0.05, 0.1) is 36.1 Å². The van der Waals surface area contributed by atoms with Crippen LogP contribution in [0.4, 0.5) is 11.9 Å². The standard InChI is InChI=1S/C45H55N13O5/c1-29(2)36-18-37(39(60)19-38(36)59)43(62)57-25-32-4-3-31(17-33(32)26-57)24-54-11-9-53(10-12-54)23-30-5-7-55(8-6-30)40(61)28-58-27-35(22-49-58)42-50-41(34-20-47-44(46)48-21-34)51-45(52-42)56-13-15-63-16-14-56/h3-4,17-22,27,29-30,59-60H,5-16,23-26,28H2,1-2H3,(H2,46,47,48). The summed E-state index contributed by atoms with van der Waals surface area (Å²) in [6, 6.07) is 9.41. The van der Waals surface area contributed by atoms with Gasteiger partial charge in [0.1, 0.15) is 18.0 Å². The van der Waals surface area contributed by atoms with Crippen molar-refractivity contribution in [2.45, 2.75) is 58.8 Å². The third-order valence-electron chi connectivity index (χ3n) is 12.7. The lowest BCUT2D eigenvalue weighted by molar-refractivity contribution is -0.133. The van der Waals surface area contributed by atoms with Crippen LogP contribution in [0, 0.1) is 5.92 Å². The van der Waals surface area contributed by atoms with E-state index < -0.39 is 0 Å². The fraction of sp³-hybridized carbons (Fsp3) is 0.467. The highest BCUT2D eigenvalue weighted by Gasteiger charge is 2.30. The summed E-state index contributed by atoms with van der Waals surface area (Å²) in [5, 5.41) is 25.3. The van der Waals surface area contributed by atoms with Crippen LogP contribution in [0.2, 0.25) is 0 Å². The minimum Gasteiger partial charge on any atom is -0.508 e. The molecule has 0 radical (unpaired) electrons. The minimum absolute atomic E-state index is 0.00241. The second-order valence-electron chi connectivity index (χ2n) is 17.4. The number of nitrogen functional groups attached to an aromatic ring is 1. The number of hydrogen-bond donors (Lipinski definition) is 3. The summed E-state index contributed by atoms with van der Waals surface area (Å²) >= 11 is 0. The zero-order valence-corrected chi connectivity index (χ0v) is 35.9. The van der Waals surface area contributed by atoms with E-state index in [9.17, 15) is 19.8 Å². The second kappa shape index (κ2) is 18.2. The van der Waals surface area contributed by atoms with E-state index in [2.05, 4.69) is 48.0 Å². The van der Waals surface area contributed by atoms with E-state index in [-0.39, 0.29) is 47.3 Å². The lowest BCUT2D eigenvalue weighted by atomic mass is 9.96. The highest BCUT2D eigenvalue weighted by molar-refractivity contribution is 5.97. The van der Waals surface area contributed by atoms with Crippen molar-refractivity contribution in [3.8, 4) is 34.3 Å². The zero-order chi connectivity index (χ0) is 43.6. The molecule has 18 heteroatoms. The number of phenols is 2. The van der Waals surface area contributed by atoms with Gasteiger partial charge in [0.25, 0.3) is 5.91 Å². The fourth-order valence-electron chi connectivity index (χ4n) is 8.99. The topological polar surface area (TPSA) is 208 Å². The van der Waals surface area contributed by atoms with Crippen LogP contribution in [0.1, 0.15) is 65.2 Å². The van der Waals surface area contributed by atoms with Gasteiger partial charge in [-0.05, 0) is 53.0 Å². The first-order chi connectivity index (χ1) is 30.5. The van der Waals surface area contributed by atoms with Crippen molar-refractivity contribution < 1.29 is 24.5 Å². The largest absolute Gasteiger partial charge is 0.508 e. The molecule has 3 saturated heterocycles. The molecule has 4 aliphatic heterocycles. The summed E-state index contributed by atoms with van der Waals surface area (Å²) in [6.45, 7) is 14.8. The van der Waals surface area contributed by atoms with Crippen molar-refractivity contribution in [3.05, 3.63) is 82.9 Å². The molecule has 18 nitrogen and oxygen atoms in total. The number of carbonyl (C=O) groups excluding carboxylic acids is 2. The Morgan fingerprint density at radius 2 is 1.49 bits per heavy atom. The van der Waals surface area contributed by atoms with Crippen LogP contribution in [0.5, 0.6) is 11.5 Å². The molecule has 3 aromatic heterocycles. The number of piperidine rings is 1. The number of aromatic nitrogens is 7. The van der Waals surface area contributed by atoms with Gasteiger partial charge in [-0.3, -0.25) is 19.2 Å². The first kappa shape index (κ1) is 42.1. The van der Waals surface area contributed by atoms with Gasteiger partial charge < -0.3 is 40.3 Å². The number of aromatic hydroxyl groups is 2. The van der Waals surface area contributed by atoms with Gasteiger partial charge in [0.15, 0.2) is 11.6 Å². The molecule has 0 unspecified atom stereocenters. The number of phenolic OH excluding ortho intramolecular Hbond substituents is 2. The van der Waals surface area contributed by atoms with Crippen LogP contribution in [0.15, 0.2) is 55.1 Å². The molecule has 3 fully saturated rings. The maximum atomic E-state index is 13.5. The van der Waals surface area contributed by atoms with Crippen LogP contribution < -0.4 is 10.6 Å². The summed E-state index contributed by atoms with van der Waals surface area (Å²) < 4.78 is 7.19. The number of hydrogen-bond acceptors (Lipinski definition) is 15. The number of benzene rings is 2. The molecule has 330 valence electrons. The quantitative estimate of drug-likeness (QED) is 0.174. The number of nitrogens with two attached hydrogens (primary N) is 1. The van der Waals surface area contributed by atoms with Crippen LogP contribution in [-0.2, 0) is 35.7 Å². The lowest BCUT2D eigenvalue weighted by Crippen LogP contribution is -2.49. The van der Waals surface area contributed by atoms with Gasteiger partial charge in [0, 0.05) is 103 Å². The number of fused-ring (bicyclic) bond motifs is 1. The molecule has 0 saturated carbocycles. The molecule has 4 aliphatic rings. The summed E-state index contributed by atoms with van der Waals surface area (Å²) in [5.41, 5.74) is 11.4. The molecular weight excluding hydrogens is 803 g/mol. The van der Waals surface area contributed by atoms with E-state index >= 15 is 0 Å². The molecule has 7 heterocycles. The Morgan fingerprint density at radius 1 is 0.794 bits per heavy atom. The Hall–Kier alpha value is -6.24. The van der Waals surface area contributed by atoms with E-state index in [1.54, 1.807) is 34.2 Å². The first-order valence-electron chi connectivity index (χ1n) is 21.9. The van der Waals surface area contributed by atoms with Crippen molar-refractivity contribution in [1.82, 2.24) is 54.3 Å². The number of amides is 2. The number of carbonyl (C=O) groups is 2. The normalized spacial score (nSPS) is 17.7. The molecule has 0 atom stereocenters. The summed E-state index contributed by atoms with van der Waals surface area (Å²) in [5.74, 6) is 1.74. The van der Waals surface area contributed by atoms with Crippen LogP contribution in [-0.4, -0.2) is 148 Å².